The van der Waals surface area contributed by atoms with Gasteiger partial charge in [0.25, 0.3) is 0 Å². The van der Waals surface area contributed by atoms with E-state index < -0.39 is 22.0 Å². The van der Waals surface area contributed by atoms with Crippen molar-refractivity contribution in [2.75, 3.05) is 0 Å². The van der Waals surface area contributed by atoms with Gasteiger partial charge in [0.1, 0.15) is 0 Å². The lowest BCUT2D eigenvalue weighted by molar-refractivity contribution is 0.0695. The number of nitrogens with zero attached hydrogens (tertiary/aromatic N) is 1. The molecule has 0 bridgehead atoms. The number of carboxylic acids is 1. The summed E-state index contributed by atoms with van der Waals surface area (Å²) in [5, 5.41) is 17.6. The maximum absolute atomic E-state index is 12.1. The van der Waals surface area contributed by atoms with Crippen LogP contribution in [0.15, 0.2) is 21.5 Å². The van der Waals surface area contributed by atoms with Crippen LogP contribution in [0.2, 0.25) is 0 Å². The van der Waals surface area contributed by atoms with Gasteiger partial charge < -0.3 is 5.11 Å². The molecule has 2 N–H and O–H groups in total. The normalized spacial score (nSPS) is 12.7. The number of nitrogens with one attached hydrogen (secondary N) is 1. The van der Waals surface area contributed by atoms with Crippen LogP contribution in [0, 0.1) is 18.3 Å². The average molecular weight is 361 g/mol. The largest absolute Gasteiger partial charge is 0.478 e. The molecule has 0 aromatic heterocycles. The summed E-state index contributed by atoms with van der Waals surface area (Å²) < 4.78 is 27.0. The molecule has 8 heteroatoms. The summed E-state index contributed by atoms with van der Waals surface area (Å²) in [6, 6.07) is 3.74. The second-order valence-electron chi connectivity index (χ2n) is 4.27. The summed E-state index contributed by atoms with van der Waals surface area (Å²) >= 11 is 3.15. The van der Waals surface area contributed by atoms with E-state index >= 15 is 0 Å². The molecular weight excluding hydrogens is 348 g/mol. The van der Waals surface area contributed by atoms with Crippen LogP contribution in [0.1, 0.15) is 29.3 Å². The van der Waals surface area contributed by atoms with Crippen molar-refractivity contribution in [1.82, 2.24) is 4.72 Å². The van der Waals surface area contributed by atoms with Gasteiger partial charge in [0.05, 0.1) is 22.9 Å². The molecule has 0 fully saturated rings. The molecular formula is C12H13BrN2O4S. The minimum Gasteiger partial charge on any atom is -0.478 e. The second kappa shape index (κ2) is 6.35. The zero-order valence-electron chi connectivity index (χ0n) is 10.8. The van der Waals surface area contributed by atoms with Gasteiger partial charge in [-0.15, -0.1) is 0 Å². The summed E-state index contributed by atoms with van der Waals surface area (Å²) in [4.78, 5) is 10.9. The van der Waals surface area contributed by atoms with Crippen LogP contribution >= 0.6 is 15.9 Å². The topological polar surface area (TPSA) is 107 Å². The quantitative estimate of drug-likeness (QED) is 0.835. The first-order chi connectivity index (χ1) is 9.19. The van der Waals surface area contributed by atoms with E-state index in [1.165, 1.54) is 6.07 Å². The van der Waals surface area contributed by atoms with Gasteiger partial charge in [0.15, 0.2) is 0 Å². The first kappa shape index (κ1) is 16.6. The molecule has 0 radical (unpaired) electrons. The maximum atomic E-state index is 12.1. The van der Waals surface area contributed by atoms with E-state index in [4.69, 9.17) is 10.4 Å². The fourth-order valence-corrected chi connectivity index (χ4v) is 3.45. The third kappa shape index (κ3) is 3.79. The Morgan fingerprint density at radius 3 is 2.65 bits per heavy atom. The minimum absolute atomic E-state index is 0.0258. The number of aromatic carboxylic acids is 1. The molecule has 0 spiro atoms. The number of sulfonamides is 1. The summed E-state index contributed by atoms with van der Waals surface area (Å²) in [5.41, 5.74) is 0.356. The van der Waals surface area contributed by atoms with Gasteiger partial charge in [-0.25, -0.2) is 17.9 Å². The molecule has 0 aliphatic heterocycles. The van der Waals surface area contributed by atoms with Crippen LogP contribution < -0.4 is 4.72 Å². The molecule has 0 saturated carbocycles. The molecule has 0 aliphatic rings. The highest BCUT2D eigenvalue weighted by Crippen LogP contribution is 2.25. The highest BCUT2D eigenvalue weighted by Gasteiger charge is 2.21. The summed E-state index contributed by atoms with van der Waals surface area (Å²) in [6.45, 7) is 3.14. The van der Waals surface area contributed by atoms with E-state index in [0.29, 0.717) is 10.0 Å². The zero-order valence-corrected chi connectivity index (χ0v) is 13.2. The van der Waals surface area contributed by atoms with Crippen molar-refractivity contribution in [2.45, 2.75) is 31.2 Å². The number of carbonyl (C=O) groups is 1. The standard InChI is InChI=1S/C12H13BrN2O4S/c1-7(3-4-14)15-20(18,19)9-5-10(12(16)17)8(2)11(13)6-9/h5-7,15H,3H2,1-2H3,(H,16,17). The van der Waals surface area contributed by atoms with Gasteiger partial charge in [-0.2, -0.15) is 5.26 Å². The highest BCUT2D eigenvalue weighted by molar-refractivity contribution is 9.10. The van der Waals surface area contributed by atoms with Crippen molar-refractivity contribution in [3.05, 3.63) is 27.7 Å². The van der Waals surface area contributed by atoms with Crippen molar-refractivity contribution >= 4 is 31.9 Å². The zero-order chi connectivity index (χ0) is 15.5. The Balaban J connectivity index is 3.27. The smallest absolute Gasteiger partial charge is 0.336 e. The van der Waals surface area contributed by atoms with Crippen molar-refractivity contribution in [3.8, 4) is 6.07 Å². The van der Waals surface area contributed by atoms with E-state index in [9.17, 15) is 13.2 Å². The van der Waals surface area contributed by atoms with Gasteiger partial charge in [-0.05, 0) is 31.5 Å². The van der Waals surface area contributed by atoms with Crippen molar-refractivity contribution < 1.29 is 18.3 Å². The van der Waals surface area contributed by atoms with Crippen LogP contribution in [0.5, 0.6) is 0 Å². The number of nitriles is 1. The fraction of sp³-hybridized carbons (Fsp3) is 0.333. The maximum Gasteiger partial charge on any atom is 0.336 e. The Hall–Kier alpha value is -1.43. The average Bonchev–Trinajstić information content (AvgIpc) is 2.31. The highest BCUT2D eigenvalue weighted by atomic mass is 79.9. The van der Waals surface area contributed by atoms with Crippen LogP contribution in [0.4, 0.5) is 0 Å². The summed E-state index contributed by atoms with van der Waals surface area (Å²) in [5.74, 6) is -1.20. The molecule has 0 aliphatic carbocycles. The van der Waals surface area contributed by atoms with Crippen LogP contribution in [0.25, 0.3) is 0 Å². The monoisotopic (exact) mass is 360 g/mol. The number of carboxylic acid groups (broad SMARTS) is 1. The van der Waals surface area contributed by atoms with Crippen molar-refractivity contribution in [2.24, 2.45) is 0 Å². The lowest BCUT2D eigenvalue weighted by Gasteiger charge is -2.13. The van der Waals surface area contributed by atoms with Crippen LogP contribution in [0.3, 0.4) is 0 Å². The fourth-order valence-electron chi connectivity index (χ4n) is 1.54. The van der Waals surface area contributed by atoms with E-state index in [-0.39, 0.29) is 16.9 Å². The third-order valence-corrected chi connectivity index (χ3v) is 5.00. The number of hydrogen-bond acceptors (Lipinski definition) is 4. The Morgan fingerprint density at radius 2 is 2.15 bits per heavy atom. The van der Waals surface area contributed by atoms with Gasteiger partial charge in [0, 0.05) is 10.5 Å². The Morgan fingerprint density at radius 1 is 1.55 bits per heavy atom. The molecule has 0 amide bonds. The van der Waals surface area contributed by atoms with Gasteiger partial charge in [0.2, 0.25) is 10.0 Å². The van der Waals surface area contributed by atoms with E-state index in [2.05, 4.69) is 20.7 Å². The van der Waals surface area contributed by atoms with E-state index in [1.807, 2.05) is 6.07 Å². The minimum atomic E-state index is -3.87. The lowest BCUT2D eigenvalue weighted by atomic mass is 10.1. The molecule has 1 rings (SSSR count). The first-order valence-electron chi connectivity index (χ1n) is 5.61. The van der Waals surface area contributed by atoms with Crippen molar-refractivity contribution in [3.63, 3.8) is 0 Å². The molecule has 1 unspecified atom stereocenters. The molecule has 1 aromatic carbocycles. The van der Waals surface area contributed by atoms with E-state index in [0.717, 1.165) is 6.07 Å². The van der Waals surface area contributed by atoms with Crippen LogP contribution in [-0.2, 0) is 10.0 Å². The molecule has 1 atom stereocenters. The number of halogens is 1. The molecule has 0 saturated heterocycles. The lowest BCUT2D eigenvalue weighted by Crippen LogP contribution is -2.32. The third-order valence-electron chi connectivity index (χ3n) is 2.61. The molecule has 1 aromatic rings. The van der Waals surface area contributed by atoms with Gasteiger partial charge >= 0.3 is 5.97 Å². The molecule has 6 nitrogen and oxygen atoms in total. The van der Waals surface area contributed by atoms with Gasteiger partial charge in [-0.1, -0.05) is 15.9 Å². The molecule has 20 heavy (non-hydrogen) atoms. The summed E-state index contributed by atoms with van der Waals surface area (Å²) in [7, 11) is -3.87. The van der Waals surface area contributed by atoms with E-state index in [1.54, 1.807) is 13.8 Å². The Bertz CT molecular complexity index is 679. The number of benzene rings is 1. The first-order valence-corrected chi connectivity index (χ1v) is 7.89. The predicted octanol–water partition coefficient (Wildman–Crippen LogP) is 2.04. The SMILES string of the molecule is Cc1c(Br)cc(S(=O)(=O)NC(C)CC#N)cc1C(=O)O. The number of hydrogen-bond donors (Lipinski definition) is 2. The second-order valence-corrected chi connectivity index (χ2v) is 6.84. The van der Waals surface area contributed by atoms with Crippen LogP contribution in [-0.4, -0.2) is 25.5 Å². The van der Waals surface area contributed by atoms with Gasteiger partial charge in [-0.3, -0.25) is 0 Å². The Labute approximate surface area is 125 Å². The van der Waals surface area contributed by atoms with Crippen molar-refractivity contribution in [1.29, 1.82) is 5.26 Å². The molecule has 108 valence electrons. The molecule has 0 heterocycles. The summed E-state index contributed by atoms with van der Waals surface area (Å²) in [6.07, 6.45) is 0.0258. The Kier molecular flexibility index (Phi) is 5.28. The number of rotatable bonds is 5. The predicted molar refractivity (Wildman–Crippen MR) is 75.9 cm³/mol.